The van der Waals surface area contributed by atoms with Gasteiger partial charge in [-0.1, -0.05) is 5.21 Å². The number of nitrogens with zero attached hydrogens (tertiary/aromatic N) is 4. The average molecular weight is 289 g/mol. The number of hydrogen-bond donors (Lipinski definition) is 2. The molecule has 21 heavy (non-hydrogen) atoms. The third-order valence-electron chi connectivity index (χ3n) is 3.47. The van der Waals surface area contributed by atoms with Gasteiger partial charge in [-0.2, -0.15) is 0 Å². The summed E-state index contributed by atoms with van der Waals surface area (Å²) in [6.45, 7) is 2.54. The molecule has 1 fully saturated rings. The predicted octanol–water partition coefficient (Wildman–Crippen LogP) is 0.463. The number of aliphatic hydroxyl groups excluding tert-OH is 1. The first-order valence-electron chi connectivity index (χ1n) is 7.18. The lowest BCUT2D eigenvalue weighted by molar-refractivity contribution is 0.217. The SMILES string of the molecule is OCCCn1cc(-c2cncc(OC[C@@H]3CCN3)c2)nn1. The second kappa shape index (κ2) is 6.64. The van der Waals surface area contributed by atoms with E-state index in [9.17, 15) is 0 Å². The van der Waals surface area contributed by atoms with Crippen LogP contribution in [0.5, 0.6) is 5.75 Å². The van der Waals surface area contributed by atoms with Crippen LogP contribution in [0.1, 0.15) is 12.8 Å². The summed E-state index contributed by atoms with van der Waals surface area (Å²) in [4.78, 5) is 4.19. The third-order valence-corrected chi connectivity index (χ3v) is 3.47. The van der Waals surface area contributed by atoms with Crippen molar-refractivity contribution in [3.63, 3.8) is 0 Å². The largest absolute Gasteiger partial charge is 0.490 e. The first kappa shape index (κ1) is 14.0. The zero-order valence-corrected chi connectivity index (χ0v) is 11.8. The molecule has 0 unspecified atom stereocenters. The summed E-state index contributed by atoms with van der Waals surface area (Å²) in [5, 5.41) is 20.3. The van der Waals surface area contributed by atoms with Crippen LogP contribution in [-0.4, -0.2) is 50.9 Å². The van der Waals surface area contributed by atoms with Crippen molar-refractivity contribution in [2.45, 2.75) is 25.4 Å². The summed E-state index contributed by atoms with van der Waals surface area (Å²) in [5.74, 6) is 0.742. The lowest BCUT2D eigenvalue weighted by atomic mass is 10.1. The molecule has 2 aromatic rings. The molecule has 0 aromatic carbocycles. The van der Waals surface area contributed by atoms with Crippen molar-refractivity contribution in [2.24, 2.45) is 0 Å². The molecule has 1 atom stereocenters. The Morgan fingerprint density at radius 2 is 2.33 bits per heavy atom. The zero-order valence-electron chi connectivity index (χ0n) is 11.8. The molecule has 0 radical (unpaired) electrons. The van der Waals surface area contributed by atoms with Crippen LogP contribution in [0.25, 0.3) is 11.3 Å². The van der Waals surface area contributed by atoms with Crippen LogP contribution in [0.4, 0.5) is 0 Å². The number of aromatic nitrogens is 4. The summed E-state index contributed by atoms with van der Waals surface area (Å²) in [6.07, 6.45) is 7.13. The van der Waals surface area contributed by atoms with E-state index >= 15 is 0 Å². The fraction of sp³-hybridized carbons (Fsp3) is 0.500. The van der Waals surface area contributed by atoms with E-state index in [2.05, 4.69) is 20.6 Å². The molecule has 0 bridgehead atoms. The Balaban J connectivity index is 1.65. The molecule has 1 saturated heterocycles. The van der Waals surface area contributed by atoms with E-state index in [4.69, 9.17) is 9.84 Å². The number of rotatable bonds is 7. The highest BCUT2D eigenvalue weighted by molar-refractivity contribution is 5.58. The molecule has 2 aromatic heterocycles. The molecule has 1 aliphatic heterocycles. The maximum atomic E-state index is 8.82. The Morgan fingerprint density at radius 1 is 1.43 bits per heavy atom. The number of ether oxygens (including phenoxy) is 1. The number of pyridine rings is 1. The molecule has 0 aliphatic carbocycles. The van der Waals surface area contributed by atoms with Crippen molar-refractivity contribution in [3.8, 4) is 17.0 Å². The molecule has 7 heteroatoms. The Bertz CT molecular complexity index is 582. The van der Waals surface area contributed by atoms with Crippen LogP contribution in [0.15, 0.2) is 24.7 Å². The van der Waals surface area contributed by atoms with Gasteiger partial charge in [0, 0.05) is 31.0 Å². The fourth-order valence-electron chi connectivity index (χ4n) is 2.10. The highest BCUT2D eigenvalue weighted by Crippen LogP contribution is 2.21. The summed E-state index contributed by atoms with van der Waals surface area (Å²) in [5.41, 5.74) is 1.64. The normalized spacial score (nSPS) is 17.5. The Labute approximate surface area is 123 Å². The molecule has 7 nitrogen and oxygen atoms in total. The zero-order chi connectivity index (χ0) is 14.5. The maximum Gasteiger partial charge on any atom is 0.138 e. The minimum atomic E-state index is 0.148. The number of hydrogen-bond acceptors (Lipinski definition) is 6. The van der Waals surface area contributed by atoms with Gasteiger partial charge in [0.25, 0.3) is 0 Å². The molecule has 1 aliphatic rings. The van der Waals surface area contributed by atoms with Gasteiger partial charge in [-0.3, -0.25) is 9.67 Å². The molecular weight excluding hydrogens is 270 g/mol. The molecule has 112 valence electrons. The second-order valence-electron chi connectivity index (χ2n) is 5.10. The van der Waals surface area contributed by atoms with E-state index in [1.807, 2.05) is 12.3 Å². The van der Waals surface area contributed by atoms with Crippen molar-refractivity contribution in [1.29, 1.82) is 0 Å². The molecule has 3 rings (SSSR count). The average Bonchev–Trinajstić information content (AvgIpc) is 2.93. The fourth-order valence-corrected chi connectivity index (χ4v) is 2.10. The van der Waals surface area contributed by atoms with Gasteiger partial charge in [0.15, 0.2) is 0 Å². The highest BCUT2D eigenvalue weighted by Gasteiger charge is 2.16. The quantitative estimate of drug-likeness (QED) is 0.770. The predicted molar refractivity (Wildman–Crippen MR) is 76.9 cm³/mol. The van der Waals surface area contributed by atoms with Gasteiger partial charge in [0.05, 0.1) is 12.4 Å². The second-order valence-corrected chi connectivity index (χ2v) is 5.10. The van der Waals surface area contributed by atoms with E-state index in [1.165, 1.54) is 0 Å². The van der Waals surface area contributed by atoms with Crippen molar-refractivity contribution in [3.05, 3.63) is 24.7 Å². The Hall–Kier alpha value is -1.99. The van der Waals surface area contributed by atoms with E-state index < -0.39 is 0 Å². The lowest BCUT2D eigenvalue weighted by Gasteiger charge is -2.27. The van der Waals surface area contributed by atoms with Gasteiger partial charge in [-0.05, 0) is 25.5 Å². The van der Waals surface area contributed by atoms with Crippen LogP contribution in [-0.2, 0) is 6.54 Å². The van der Waals surface area contributed by atoms with E-state index in [1.54, 1.807) is 17.1 Å². The topological polar surface area (TPSA) is 85.1 Å². The highest BCUT2D eigenvalue weighted by atomic mass is 16.5. The van der Waals surface area contributed by atoms with Crippen LogP contribution < -0.4 is 10.1 Å². The van der Waals surface area contributed by atoms with Gasteiger partial charge >= 0.3 is 0 Å². The van der Waals surface area contributed by atoms with Crippen LogP contribution >= 0.6 is 0 Å². The molecule has 0 spiro atoms. The molecule has 2 N–H and O–H groups in total. The Morgan fingerprint density at radius 3 is 3.10 bits per heavy atom. The summed E-state index contributed by atoms with van der Waals surface area (Å²) in [7, 11) is 0. The van der Waals surface area contributed by atoms with Crippen LogP contribution in [0, 0.1) is 0 Å². The maximum absolute atomic E-state index is 8.82. The van der Waals surface area contributed by atoms with Gasteiger partial charge in [0.2, 0.25) is 0 Å². The Kier molecular flexibility index (Phi) is 4.42. The van der Waals surface area contributed by atoms with Crippen LogP contribution in [0.3, 0.4) is 0 Å². The summed E-state index contributed by atoms with van der Waals surface area (Å²) < 4.78 is 7.45. The summed E-state index contributed by atoms with van der Waals surface area (Å²) in [6, 6.07) is 2.37. The van der Waals surface area contributed by atoms with E-state index in [0.29, 0.717) is 25.6 Å². The monoisotopic (exact) mass is 289 g/mol. The standard InChI is InChI=1S/C14H19N5O2/c20-5-1-4-19-9-14(17-18-19)11-6-13(8-15-7-11)21-10-12-2-3-16-12/h6-9,12,16,20H,1-5,10H2/t12-/m0/s1. The van der Waals surface area contributed by atoms with Gasteiger partial charge in [0.1, 0.15) is 18.1 Å². The summed E-state index contributed by atoms with van der Waals surface area (Å²) >= 11 is 0. The molecule has 0 saturated carbocycles. The van der Waals surface area contributed by atoms with Crippen molar-refractivity contribution in [2.75, 3.05) is 19.8 Å². The smallest absolute Gasteiger partial charge is 0.138 e. The van der Waals surface area contributed by atoms with Crippen molar-refractivity contribution in [1.82, 2.24) is 25.3 Å². The first-order valence-corrected chi connectivity index (χ1v) is 7.18. The van der Waals surface area contributed by atoms with Crippen molar-refractivity contribution >= 4 is 0 Å². The molecular formula is C14H19N5O2. The van der Waals surface area contributed by atoms with E-state index in [0.717, 1.165) is 30.0 Å². The number of aliphatic hydroxyl groups is 1. The first-order chi connectivity index (χ1) is 10.3. The third kappa shape index (κ3) is 3.56. The number of aryl methyl sites for hydroxylation is 1. The van der Waals surface area contributed by atoms with Gasteiger partial charge < -0.3 is 15.2 Å². The minimum Gasteiger partial charge on any atom is -0.490 e. The van der Waals surface area contributed by atoms with E-state index in [-0.39, 0.29) is 6.61 Å². The van der Waals surface area contributed by atoms with Gasteiger partial charge in [-0.25, -0.2) is 0 Å². The van der Waals surface area contributed by atoms with Crippen molar-refractivity contribution < 1.29 is 9.84 Å². The minimum absolute atomic E-state index is 0.148. The molecule has 3 heterocycles. The van der Waals surface area contributed by atoms with Gasteiger partial charge in [-0.15, -0.1) is 5.10 Å². The number of nitrogens with one attached hydrogen (secondary N) is 1. The lowest BCUT2D eigenvalue weighted by Crippen LogP contribution is -2.46. The van der Waals surface area contributed by atoms with Crippen LogP contribution in [0.2, 0.25) is 0 Å². The molecule has 0 amide bonds.